The number of aromatic amines is 2. The number of morpholine rings is 1. The van der Waals surface area contributed by atoms with E-state index in [4.69, 9.17) is 42.3 Å². The molecule has 0 spiro atoms. The van der Waals surface area contributed by atoms with Crippen molar-refractivity contribution in [3.8, 4) is 0 Å². The van der Waals surface area contributed by atoms with Crippen LogP contribution in [0.15, 0.2) is 15.9 Å². The Morgan fingerprint density at radius 1 is 1.00 bits per heavy atom. The fourth-order valence-corrected chi connectivity index (χ4v) is 9.79. The molecule has 9 N–H and O–H groups in total. The molecule has 0 aromatic carbocycles. The van der Waals surface area contributed by atoms with Gasteiger partial charge in [-0.3, -0.25) is 42.6 Å². The number of methoxy groups -OCH3 is 1. The summed E-state index contributed by atoms with van der Waals surface area (Å²) in [5, 5.41) is 10.8. The number of phosphoric ester groups is 2. The van der Waals surface area contributed by atoms with Gasteiger partial charge in [-0.05, 0) is 7.05 Å². The molecule has 3 aromatic heterocycles. The number of nitrogen functional groups attached to an aromatic ring is 2. The maximum Gasteiger partial charge on any atom is 0.478 e. The highest BCUT2D eigenvalue weighted by atomic mass is 31.3. The molecule has 26 nitrogen and oxygen atoms in total. The topological polar surface area (TPSA) is 348 Å². The molecule has 3 unspecified atom stereocenters. The second kappa shape index (κ2) is 14.8. The van der Waals surface area contributed by atoms with Crippen LogP contribution in [-0.2, 0) is 45.6 Å². The lowest BCUT2D eigenvalue weighted by molar-refractivity contribution is -0.0949. The van der Waals surface area contributed by atoms with E-state index in [9.17, 15) is 38.2 Å². The van der Waals surface area contributed by atoms with E-state index in [-0.39, 0.29) is 47.8 Å². The van der Waals surface area contributed by atoms with E-state index in [0.717, 1.165) is 0 Å². The third kappa shape index (κ3) is 8.53. The van der Waals surface area contributed by atoms with Gasteiger partial charge in [0.15, 0.2) is 23.2 Å². The molecule has 2 fully saturated rings. The van der Waals surface area contributed by atoms with Crippen molar-refractivity contribution in [3.63, 3.8) is 0 Å². The summed E-state index contributed by atoms with van der Waals surface area (Å²) in [6.45, 7) is -0.801. The number of nitrogens with zero attached hydrogens (tertiary/aromatic N) is 7. The first-order chi connectivity index (χ1) is 24.8. The number of hydrogen-bond acceptors (Lipinski definition) is 21. The lowest BCUT2D eigenvalue weighted by atomic mass is 10.1. The molecule has 290 valence electrons. The van der Waals surface area contributed by atoms with Crippen LogP contribution in [0.1, 0.15) is 6.23 Å². The minimum Gasteiger partial charge on any atom is -0.387 e. The van der Waals surface area contributed by atoms with Crippen LogP contribution < -0.4 is 32.4 Å². The fraction of sp³-hybridized carbons (Fsp3) is 0.609. The van der Waals surface area contributed by atoms with Crippen molar-refractivity contribution in [2.75, 3.05) is 75.4 Å². The lowest BCUT2D eigenvalue weighted by Crippen LogP contribution is -2.55. The molecule has 0 aliphatic carbocycles. The summed E-state index contributed by atoms with van der Waals surface area (Å²) in [6.07, 6.45) is -5.72. The molecule has 53 heavy (non-hydrogen) atoms. The van der Waals surface area contributed by atoms with E-state index in [1.165, 1.54) is 18.0 Å². The second-order valence-corrected chi connectivity index (χ2v) is 16.9. The number of likely N-dealkylation sites (N-methyl/N-ethyl adjacent to an activating group) is 1. The summed E-state index contributed by atoms with van der Waals surface area (Å²) in [6, 6.07) is 0. The number of fused-ring (bicyclic) bond motifs is 2. The number of aliphatic hydroxyl groups is 1. The van der Waals surface area contributed by atoms with Crippen LogP contribution in [0, 0.1) is 0 Å². The number of nitrogens with two attached hydrogens (primary N) is 2. The number of aliphatic hydroxyl groups excluding tert-OH is 1. The Bertz CT molecular complexity index is 2120. The highest BCUT2D eigenvalue weighted by Crippen LogP contribution is 2.67. The quantitative estimate of drug-likeness (QED) is 0.0708. The maximum absolute atomic E-state index is 12.8. The second-order valence-electron chi connectivity index (χ2n) is 12.1. The molecule has 0 amide bonds. The van der Waals surface area contributed by atoms with Crippen LogP contribution in [0.25, 0.3) is 11.2 Å². The van der Waals surface area contributed by atoms with Crippen molar-refractivity contribution in [1.29, 1.82) is 0 Å². The first-order valence-corrected chi connectivity index (χ1v) is 19.9. The minimum atomic E-state index is -5.46. The van der Waals surface area contributed by atoms with Gasteiger partial charge < -0.3 is 50.4 Å². The van der Waals surface area contributed by atoms with Gasteiger partial charge in [0.05, 0.1) is 32.3 Å². The van der Waals surface area contributed by atoms with Gasteiger partial charge in [0, 0.05) is 27.2 Å². The molecule has 0 saturated carbocycles. The molecule has 6 rings (SSSR count). The van der Waals surface area contributed by atoms with Crippen molar-refractivity contribution in [2.24, 2.45) is 0 Å². The van der Waals surface area contributed by atoms with Crippen LogP contribution in [0.2, 0.25) is 0 Å². The number of imidazole rings is 1. The number of nitrogens with one attached hydrogen (secondary N) is 2. The van der Waals surface area contributed by atoms with Gasteiger partial charge >= 0.3 is 15.6 Å². The Morgan fingerprint density at radius 2 is 1.64 bits per heavy atom. The highest BCUT2D eigenvalue weighted by molar-refractivity contribution is 7.86. The summed E-state index contributed by atoms with van der Waals surface area (Å²) in [5.74, 6) is -0.0729. The van der Waals surface area contributed by atoms with Crippen molar-refractivity contribution in [1.82, 2.24) is 34.4 Å². The molecule has 0 bridgehead atoms. The molecule has 3 aliphatic rings. The van der Waals surface area contributed by atoms with Crippen LogP contribution in [0.4, 0.5) is 23.4 Å². The van der Waals surface area contributed by atoms with Crippen LogP contribution >= 0.6 is 23.1 Å². The molecule has 6 heterocycles. The highest BCUT2D eigenvalue weighted by Gasteiger charge is 2.48. The Kier molecular flexibility index (Phi) is 11.0. The zero-order valence-electron chi connectivity index (χ0n) is 28.0. The van der Waals surface area contributed by atoms with Gasteiger partial charge in [-0.15, -0.1) is 0 Å². The van der Waals surface area contributed by atoms with Crippen molar-refractivity contribution in [3.05, 3.63) is 27.0 Å². The fourth-order valence-electron chi connectivity index (χ4n) is 6.03. The largest absolute Gasteiger partial charge is 0.478 e. The predicted molar refractivity (Wildman–Crippen MR) is 182 cm³/mol. The van der Waals surface area contributed by atoms with Gasteiger partial charge in [-0.2, -0.15) is 9.97 Å². The summed E-state index contributed by atoms with van der Waals surface area (Å²) >= 11 is 0. The summed E-state index contributed by atoms with van der Waals surface area (Å²) < 4.78 is 75.1. The van der Waals surface area contributed by atoms with E-state index < -0.39 is 84.3 Å². The Morgan fingerprint density at radius 3 is 2.32 bits per heavy atom. The SMILES string of the molecule is [B]P(=O)(OP(=O)(O)OC[C@@H]1CN(C)C[C@H](N2CN(C)c3c2nc(N)[nH]c3=O)O1)OP(=O)(O)OC[C@H]1O[C@@H](n2cnc3c(=O)[nH]c(N)nc32)[C@H](OC)[C@@H]1O. The van der Waals surface area contributed by atoms with Gasteiger partial charge in [0.1, 0.15) is 30.2 Å². The average molecular weight is 809 g/mol. The smallest absolute Gasteiger partial charge is 0.387 e. The number of aromatic nitrogens is 6. The number of hydrogen-bond donors (Lipinski definition) is 7. The Labute approximate surface area is 299 Å². The van der Waals surface area contributed by atoms with Crippen LogP contribution in [0.3, 0.4) is 0 Å². The Balaban J connectivity index is 1.04. The van der Waals surface area contributed by atoms with Gasteiger partial charge in [-0.1, -0.05) is 0 Å². The molecule has 2 radical (unpaired) electrons. The van der Waals surface area contributed by atoms with E-state index in [0.29, 0.717) is 6.54 Å². The zero-order valence-corrected chi connectivity index (χ0v) is 30.7. The molecular weight excluding hydrogens is 774 g/mol. The summed E-state index contributed by atoms with van der Waals surface area (Å²) in [5.41, 5.74) is 10.4. The number of H-pyrrole nitrogens is 2. The molecule has 2 saturated heterocycles. The molecule has 30 heteroatoms. The summed E-state index contributed by atoms with van der Waals surface area (Å²) in [7, 11) is -6.19. The number of rotatable bonds is 13. The van der Waals surface area contributed by atoms with E-state index >= 15 is 0 Å². The van der Waals surface area contributed by atoms with Crippen molar-refractivity contribution in [2.45, 2.75) is 36.9 Å². The van der Waals surface area contributed by atoms with E-state index in [1.807, 2.05) is 4.90 Å². The first-order valence-electron chi connectivity index (χ1n) is 15.3. The summed E-state index contributed by atoms with van der Waals surface area (Å²) in [4.78, 5) is 67.2. The molecular formula is C23H35BN11O15P3. The maximum atomic E-state index is 12.8. The molecule has 3 aromatic rings. The molecule has 9 atom stereocenters. The number of ether oxygens (including phenoxy) is 3. The number of phosphoric acid groups is 2. The average Bonchev–Trinajstić information content (AvgIpc) is 3.70. The van der Waals surface area contributed by atoms with Gasteiger partial charge in [-0.25, -0.2) is 22.7 Å². The third-order valence-electron chi connectivity index (χ3n) is 8.16. The molecule has 3 aliphatic heterocycles. The third-order valence-corrected chi connectivity index (χ3v) is 12.6. The Hall–Kier alpha value is -3.26. The van der Waals surface area contributed by atoms with E-state index in [2.05, 4.69) is 33.5 Å². The monoisotopic (exact) mass is 809 g/mol. The van der Waals surface area contributed by atoms with Crippen LogP contribution in [-0.4, -0.2) is 142 Å². The van der Waals surface area contributed by atoms with Gasteiger partial charge in [0.2, 0.25) is 19.5 Å². The van der Waals surface area contributed by atoms with Crippen molar-refractivity contribution < 1.29 is 60.5 Å². The van der Waals surface area contributed by atoms with Crippen LogP contribution in [0.5, 0.6) is 0 Å². The van der Waals surface area contributed by atoms with E-state index in [1.54, 1.807) is 23.9 Å². The standard InChI is InChI=1S/C23H35BN11O15P3/c1-32-4-10(47-12(5-32)35-9-33(2)14-18(35)29-23(26)31-20(14)38)6-45-52(40,41)49-51(24,39)50-53(42,43)46-7-11-15(36)16(44-3)21(48-11)34-8-27-13-17(34)28-22(25)30-19(13)37/h8,10-12,15-16,21,36H,4-7,9H2,1-3H3,(H,40,41)(H,42,43)(H3,25,28,30,37)(H3,26,29,31,38)/t10-,11+,12+,15+,16+,21+,51?/m0/s1. The van der Waals surface area contributed by atoms with Gasteiger partial charge in [0.25, 0.3) is 18.6 Å². The number of anilines is 4. The van der Waals surface area contributed by atoms with Crippen molar-refractivity contribution >= 4 is 65.3 Å². The predicted octanol–water partition coefficient (Wildman–Crippen LogP) is -2.24. The lowest BCUT2D eigenvalue weighted by Gasteiger charge is -2.40. The normalized spacial score (nSPS) is 28.5. The first kappa shape index (κ1) is 39.4. The zero-order chi connectivity index (χ0) is 38.6. The minimum absolute atomic E-state index is 0.0205.